The fraction of sp³-hybridized carbons (Fsp3) is 0.846. The lowest BCUT2D eigenvalue weighted by Gasteiger charge is -2.39. The van der Waals surface area contributed by atoms with Crippen LogP contribution >= 0.6 is 0 Å². The zero-order valence-corrected chi connectivity index (χ0v) is 12.2. The largest absolute Gasteiger partial charge is 0.329 e. The molecule has 0 fully saturated rings. The van der Waals surface area contributed by atoms with Gasteiger partial charge >= 0.3 is 0 Å². The number of rotatable bonds is 8. The maximum absolute atomic E-state index is 5.96. The highest BCUT2D eigenvalue weighted by molar-refractivity contribution is 4.92. The van der Waals surface area contributed by atoms with Crippen LogP contribution in [-0.2, 0) is 13.1 Å². The molecule has 104 valence electrons. The van der Waals surface area contributed by atoms with Crippen molar-refractivity contribution in [2.75, 3.05) is 13.1 Å². The first-order valence-electron chi connectivity index (χ1n) is 6.93. The molecule has 1 unspecified atom stereocenters. The fourth-order valence-corrected chi connectivity index (χ4v) is 2.15. The number of aryl methyl sites for hydroxylation is 1. The minimum atomic E-state index is 0.0422. The summed E-state index contributed by atoms with van der Waals surface area (Å²) >= 11 is 0. The standard InChI is InChI=1S/C13H27N5/c1-5-8-17(13(4,6-2)10-14)9-12-15-11-16-18(12)7-3/h11H,5-10,14H2,1-4H3. The van der Waals surface area contributed by atoms with Gasteiger partial charge in [0, 0.05) is 18.6 Å². The van der Waals surface area contributed by atoms with Crippen LogP contribution in [0.4, 0.5) is 0 Å². The molecule has 0 aliphatic carbocycles. The summed E-state index contributed by atoms with van der Waals surface area (Å²) in [5.74, 6) is 1.03. The molecule has 1 rings (SSSR count). The summed E-state index contributed by atoms with van der Waals surface area (Å²) < 4.78 is 1.95. The van der Waals surface area contributed by atoms with E-state index in [1.54, 1.807) is 6.33 Å². The van der Waals surface area contributed by atoms with Gasteiger partial charge in [0.25, 0.3) is 0 Å². The molecule has 18 heavy (non-hydrogen) atoms. The van der Waals surface area contributed by atoms with E-state index in [9.17, 15) is 0 Å². The predicted octanol–water partition coefficient (Wildman–Crippen LogP) is 1.64. The molecule has 1 aromatic rings. The molecule has 2 N–H and O–H groups in total. The molecular formula is C13H27N5. The minimum Gasteiger partial charge on any atom is -0.329 e. The first kappa shape index (κ1) is 15.1. The molecule has 5 nitrogen and oxygen atoms in total. The van der Waals surface area contributed by atoms with Gasteiger partial charge in [0.2, 0.25) is 0 Å². The highest BCUT2D eigenvalue weighted by Crippen LogP contribution is 2.20. The molecule has 0 radical (unpaired) electrons. The van der Waals surface area contributed by atoms with E-state index in [4.69, 9.17) is 5.73 Å². The Balaban J connectivity index is 2.86. The van der Waals surface area contributed by atoms with Crippen molar-refractivity contribution >= 4 is 0 Å². The molecule has 0 aromatic carbocycles. The zero-order chi connectivity index (χ0) is 13.6. The molecule has 0 amide bonds. The summed E-state index contributed by atoms with van der Waals surface area (Å²) in [6, 6.07) is 0. The Morgan fingerprint density at radius 2 is 2.11 bits per heavy atom. The molecule has 0 saturated heterocycles. The van der Waals surface area contributed by atoms with Gasteiger partial charge in [-0.1, -0.05) is 13.8 Å². The number of nitrogens with two attached hydrogens (primary N) is 1. The number of hydrogen-bond acceptors (Lipinski definition) is 4. The quantitative estimate of drug-likeness (QED) is 0.765. The topological polar surface area (TPSA) is 60.0 Å². The molecule has 1 heterocycles. The Bertz CT molecular complexity index is 343. The molecule has 5 heteroatoms. The van der Waals surface area contributed by atoms with Crippen molar-refractivity contribution in [3.63, 3.8) is 0 Å². The maximum atomic E-state index is 5.96. The summed E-state index contributed by atoms with van der Waals surface area (Å²) in [6.07, 6.45) is 3.80. The van der Waals surface area contributed by atoms with Crippen LogP contribution in [0, 0.1) is 0 Å². The van der Waals surface area contributed by atoms with Gasteiger partial charge in [-0.25, -0.2) is 9.67 Å². The van der Waals surface area contributed by atoms with Crippen LogP contribution in [0.3, 0.4) is 0 Å². The first-order valence-corrected chi connectivity index (χ1v) is 6.93. The van der Waals surface area contributed by atoms with Crippen LogP contribution in [0.5, 0.6) is 0 Å². The summed E-state index contributed by atoms with van der Waals surface area (Å²) in [5.41, 5.74) is 6.01. The van der Waals surface area contributed by atoms with E-state index in [1.807, 2.05) is 4.68 Å². The Kier molecular flexibility index (Phi) is 5.75. The predicted molar refractivity (Wildman–Crippen MR) is 74.1 cm³/mol. The SMILES string of the molecule is CCCN(Cc1ncnn1CC)C(C)(CC)CN. The molecule has 1 atom stereocenters. The van der Waals surface area contributed by atoms with Gasteiger partial charge < -0.3 is 5.73 Å². The van der Waals surface area contributed by atoms with Crippen LogP contribution in [0.25, 0.3) is 0 Å². The second kappa shape index (κ2) is 6.85. The van der Waals surface area contributed by atoms with E-state index >= 15 is 0 Å². The summed E-state index contributed by atoms with van der Waals surface area (Å²) in [5, 5.41) is 4.23. The monoisotopic (exact) mass is 253 g/mol. The van der Waals surface area contributed by atoms with Gasteiger partial charge in [0.15, 0.2) is 0 Å². The van der Waals surface area contributed by atoms with Crippen LogP contribution in [0.2, 0.25) is 0 Å². The lowest BCUT2D eigenvalue weighted by molar-refractivity contribution is 0.0925. The average molecular weight is 253 g/mol. The molecular weight excluding hydrogens is 226 g/mol. The maximum Gasteiger partial charge on any atom is 0.141 e. The smallest absolute Gasteiger partial charge is 0.141 e. The lowest BCUT2D eigenvalue weighted by atomic mass is 9.96. The van der Waals surface area contributed by atoms with Crippen LogP contribution in [0.15, 0.2) is 6.33 Å². The molecule has 0 spiro atoms. The van der Waals surface area contributed by atoms with E-state index in [0.29, 0.717) is 6.54 Å². The number of aromatic nitrogens is 3. The summed E-state index contributed by atoms with van der Waals surface area (Å²) in [6.45, 7) is 12.1. The van der Waals surface area contributed by atoms with Crippen molar-refractivity contribution in [2.45, 2.75) is 59.2 Å². The van der Waals surface area contributed by atoms with Crippen molar-refractivity contribution in [3.8, 4) is 0 Å². The van der Waals surface area contributed by atoms with Gasteiger partial charge in [-0.05, 0) is 33.2 Å². The van der Waals surface area contributed by atoms with Gasteiger partial charge in [-0.15, -0.1) is 0 Å². The number of nitrogens with zero attached hydrogens (tertiary/aromatic N) is 4. The third-order valence-electron chi connectivity index (χ3n) is 3.79. The normalized spacial score (nSPS) is 15.0. The van der Waals surface area contributed by atoms with Crippen molar-refractivity contribution in [3.05, 3.63) is 12.2 Å². The molecule has 0 aliphatic rings. The highest BCUT2D eigenvalue weighted by atomic mass is 15.4. The Morgan fingerprint density at radius 1 is 1.39 bits per heavy atom. The van der Waals surface area contributed by atoms with Crippen molar-refractivity contribution < 1.29 is 0 Å². The Morgan fingerprint density at radius 3 is 2.61 bits per heavy atom. The minimum absolute atomic E-state index is 0.0422. The molecule has 1 aromatic heterocycles. The third kappa shape index (κ3) is 3.29. The average Bonchev–Trinajstić information content (AvgIpc) is 2.84. The highest BCUT2D eigenvalue weighted by Gasteiger charge is 2.29. The summed E-state index contributed by atoms with van der Waals surface area (Å²) in [7, 11) is 0. The molecule has 0 saturated carbocycles. The van der Waals surface area contributed by atoms with E-state index < -0.39 is 0 Å². The molecule has 0 bridgehead atoms. The Labute approximate surface area is 110 Å². The van der Waals surface area contributed by atoms with Gasteiger partial charge in [0.05, 0.1) is 6.54 Å². The lowest BCUT2D eigenvalue weighted by Crippen LogP contribution is -2.51. The van der Waals surface area contributed by atoms with E-state index in [-0.39, 0.29) is 5.54 Å². The van der Waals surface area contributed by atoms with E-state index in [1.165, 1.54) is 0 Å². The van der Waals surface area contributed by atoms with E-state index in [0.717, 1.165) is 38.3 Å². The van der Waals surface area contributed by atoms with Crippen molar-refractivity contribution in [1.82, 2.24) is 19.7 Å². The van der Waals surface area contributed by atoms with Crippen LogP contribution in [0.1, 0.15) is 46.4 Å². The van der Waals surface area contributed by atoms with Crippen LogP contribution < -0.4 is 5.73 Å². The Hall–Kier alpha value is -0.940. The second-order valence-corrected chi connectivity index (χ2v) is 4.97. The van der Waals surface area contributed by atoms with Gasteiger partial charge in [0.1, 0.15) is 12.2 Å². The number of hydrogen-bond donors (Lipinski definition) is 1. The fourth-order valence-electron chi connectivity index (χ4n) is 2.15. The first-order chi connectivity index (χ1) is 8.61. The van der Waals surface area contributed by atoms with E-state index in [2.05, 4.69) is 42.7 Å². The molecule has 0 aliphatic heterocycles. The third-order valence-corrected chi connectivity index (χ3v) is 3.79. The van der Waals surface area contributed by atoms with Crippen molar-refractivity contribution in [1.29, 1.82) is 0 Å². The summed E-state index contributed by atoms with van der Waals surface area (Å²) in [4.78, 5) is 6.79. The van der Waals surface area contributed by atoms with Gasteiger partial charge in [-0.2, -0.15) is 5.10 Å². The second-order valence-electron chi connectivity index (χ2n) is 4.97. The van der Waals surface area contributed by atoms with Crippen molar-refractivity contribution in [2.24, 2.45) is 5.73 Å². The van der Waals surface area contributed by atoms with Gasteiger partial charge in [-0.3, -0.25) is 4.90 Å². The zero-order valence-electron chi connectivity index (χ0n) is 12.2. The van der Waals surface area contributed by atoms with Crippen LogP contribution in [-0.4, -0.2) is 38.3 Å².